The number of carbonyl (C=O) groups is 2. The minimum Gasteiger partial charge on any atom is -0.493 e. The van der Waals surface area contributed by atoms with Crippen LogP contribution >= 0.6 is 12.2 Å². The van der Waals surface area contributed by atoms with Gasteiger partial charge in [-0.25, -0.2) is 4.79 Å². The van der Waals surface area contributed by atoms with Gasteiger partial charge < -0.3 is 19.9 Å². The van der Waals surface area contributed by atoms with E-state index in [0.717, 1.165) is 0 Å². The van der Waals surface area contributed by atoms with Gasteiger partial charge in [0.25, 0.3) is 5.91 Å². The number of amides is 1. The average Bonchev–Trinajstić information content (AvgIpc) is 2.61. The lowest BCUT2D eigenvalue weighted by atomic mass is 10.1. The molecule has 0 saturated carbocycles. The quantitative estimate of drug-likeness (QED) is 0.705. The summed E-state index contributed by atoms with van der Waals surface area (Å²) in [7, 11) is 2.83. The van der Waals surface area contributed by atoms with E-state index in [4.69, 9.17) is 21.7 Å². The molecule has 7 nitrogen and oxygen atoms in total. The van der Waals surface area contributed by atoms with Gasteiger partial charge in [-0.05, 0) is 24.4 Å². The molecular weight excluding hydrogens is 344 g/mol. The Morgan fingerprint density at radius 3 is 2.20 bits per heavy atom. The largest absolute Gasteiger partial charge is 0.493 e. The second-order valence-corrected chi connectivity index (χ2v) is 5.24. The molecule has 2 rings (SSSR count). The van der Waals surface area contributed by atoms with Crippen LogP contribution in [0.15, 0.2) is 42.5 Å². The van der Waals surface area contributed by atoms with Crippen LogP contribution in [0.3, 0.4) is 0 Å². The topological polar surface area (TPSA) is 96.9 Å². The van der Waals surface area contributed by atoms with Gasteiger partial charge in [-0.3, -0.25) is 10.1 Å². The maximum atomic E-state index is 12.1. The van der Waals surface area contributed by atoms with E-state index in [9.17, 15) is 14.7 Å². The van der Waals surface area contributed by atoms with Crippen molar-refractivity contribution in [1.82, 2.24) is 5.32 Å². The molecule has 0 saturated heterocycles. The van der Waals surface area contributed by atoms with E-state index in [1.165, 1.54) is 26.4 Å². The summed E-state index contributed by atoms with van der Waals surface area (Å²) >= 11 is 5.09. The average molecular weight is 360 g/mol. The summed E-state index contributed by atoms with van der Waals surface area (Å²) in [6.07, 6.45) is 0. The molecule has 0 bridgehead atoms. The highest BCUT2D eigenvalue weighted by Gasteiger charge is 2.17. The van der Waals surface area contributed by atoms with E-state index in [-0.39, 0.29) is 22.1 Å². The van der Waals surface area contributed by atoms with Crippen LogP contribution in [-0.2, 0) is 0 Å². The van der Waals surface area contributed by atoms with Crippen molar-refractivity contribution in [2.24, 2.45) is 0 Å². The van der Waals surface area contributed by atoms with Crippen LogP contribution in [-0.4, -0.2) is 36.3 Å². The van der Waals surface area contributed by atoms with Crippen molar-refractivity contribution in [3.8, 4) is 11.5 Å². The zero-order chi connectivity index (χ0) is 18.4. The fraction of sp³-hybridized carbons (Fsp3) is 0.118. The molecule has 0 fully saturated rings. The Bertz CT molecular complexity index is 808. The second kappa shape index (κ2) is 8.11. The number of rotatable bonds is 5. The molecule has 130 valence electrons. The van der Waals surface area contributed by atoms with Crippen LogP contribution in [0.5, 0.6) is 11.5 Å². The fourth-order valence-electron chi connectivity index (χ4n) is 2.08. The number of methoxy groups -OCH3 is 2. The summed E-state index contributed by atoms with van der Waals surface area (Å²) in [6.45, 7) is 0. The summed E-state index contributed by atoms with van der Waals surface area (Å²) in [6, 6.07) is 11.3. The van der Waals surface area contributed by atoms with E-state index in [1.54, 1.807) is 30.3 Å². The SMILES string of the molecule is COc1cc(NC(=S)NC(=O)c2ccccc2)c(C(=O)O)cc1OC. The minimum atomic E-state index is -1.18. The lowest BCUT2D eigenvalue weighted by molar-refractivity contribution is 0.0697. The lowest BCUT2D eigenvalue weighted by Gasteiger charge is -2.15. The van der Waals surface area contributed by atoms with E-state index in [1.807, 2.05) is 0 Å². The molecule has 0 spiro atoms. The number of aromatic carboxylic acids is 1. The molecule has 0 aromatic heterocycles. The molecule has 3 N–H and O–H groups in total. The number of anilines is 1. The smallest absolute Gasteiger partial charge is 0.337 e. The second-order valence-electron chi connectivity index (χ2n) is 4.83. The highest BCUT2D eigenvalue weighted by molar-refractivity contribution is 7.80. The Hall–Kier alpha value is -3.13. The predicted octanol–water partition coefficient (Wildman–Crippen LogP) is 2.53. The highest BCUT2D eigenvalue weighted by Crippen LogP contribution is 2.33. The first-order chi connectivity index (χ1) is 12.0. The molecule has 2 aromatic rings. The monoisotopic (exact) mass is 360 g/mol. The van der Waals surface area contributed by atoms with Crippen molar-refractivity contribution in [1.29, 1.82) is 0 Å². The first-order valence-electron chi connectivity index (χ1n) is 7.13. The zero-order valence-corrected chi connectivity index (χ0v) is 14.3. The van der Waals surface area contributed by atoms with Crippen LogP contribution < -0.4 is 20.1 Å². The molecule has 0 aliphatic carbocycles. The molecular formula is C17H16N2O5S. The van der Waals surface area contributed by atoms with Gasteiger partial charge >= 0.3 is 5.97 Å². The van der Waals surface area contributed by atoms with Gasteiger partial charge in [0.05, 0.1) is 25.5 Å². The normalized spacial score (nSPS) is 9.84. The van der Waals surface area contributed by atoms with Crippen LogP contribution in [0.1, 0.15) is 20.7 Å². The first-order valence-corrected chi connectivity index (χ1v) is 7.53. The van der Waals surface area contributed by atoms with Crippen LogP contribution in [0.4, 0.5) is 5.69 Å². The molecule has 1 amide bonds. The van der Waals surface area contributed by atoms with Gasteiger partial charge in [0.2, 0.25) is 0 Å². The van der Waals surface area contributed by atoms with Gasteiger partial charge in [0.15, 0.2) is 16.6 Å². The summed E-state index contributed by atoms with van der Waals surface area (Å²) < 4.78 is 10.2. The van der Waals surface area contributed by atoms with Gasteiger partial charge in [-0.1, -0.05) is 18.2 Å². The molecule has 0 aliphatic heterocycles. The molecule has 8 heteroatoms. The van der Waals surface area contributed by atoms with Gasteiger partial charge in [-0.2, -0.15) is 0 Å². The molecule has 0 unspecified atom stereocenters. The van der Waals surface area contributed by atoms with Gasteiger partial charge in [0.1, 0.15) is 0 Å². The van der Waals surface area contributed by atoms with Crippen molar-refractivity contribution in [2.45, 2.75) is 0 Å². The number of hydrogen-bond donors (Lipinski definition) is 3. The van der Waals surface area contributed by atoms with Crippen molar-refractivity contribution < 1.29 is 24.2 Å². The summed E-state index contributed by atoms with van der Waals surface area (Å²) in [5.74, 6) is -0.993. The van der Waals surface area contributed by atoms with E-state index in [0.29, 0.717) is 11.3 Å². The molecule has 0 atom stereocenters. The van der Waals surface area contributed by atoms with Gasteiger partial charge in [0, 0.05) is 17.7 Å². The third kappa shape index (κ3) is 4.45. The Kier molecular flexibility index (Phi) is 5.91. The van der Waals surface area contributed by atoms with Crippen molar-refractivity contribution in [2.75, 3.05) is 19.5 Å². The number of carboxylic acids is 1. The molecule has 0 radical (unpaired) electrons. The predicted molar refractivity (Wildman–Crippen MR) is 96.6 cm³/mol. The lowest BCUT2D eigenvalue weighted by Crippen LogP contribution is -2.34. The number of carbonyl (C=O) groups excluding carboxylic acids is 1. The van der Waals surface area contributed by atoms with Gasteiger partial charge in [-0.15, -0.1) is 0 Å². The minimum absolute atomic E-state index is 0.0384. The maximum Gasteiger partial charge on any atom is 0.337 e. The van der Waals surface area contributed by atoms with Crippen LogP contribution in [0.2, 0.25) is 0 Å². The Labute approximate surface area is 149 Å². The van der Waals surface area contributed by atoms with Crippen molar-refractivity contribution in [3.63, 3.8) is 0 Å². The maximum absolute atomic E-state index is 12.1. The van der Waals surface area contributed by atoms with Crippen LogP contribution in [0.25, 0.3) is 0 Å². The number of thiocarbonyl (C=S) groups is 1. The molecule has 2 aromatic carbocycles. The first kappa shape index (κ1) is 18.2. The Morgan fingerprint density at radius 2 is 1.64 bits per heavy atom. The molecule has 0 aliphatic rings. The van der Waals surface area contributed by atoms with Crippen LogP contribution in [0, 0.1) is 0 Å². The standard InChI is InChI=1S/C17H16N2O5S/c1-23-13-8-11(16(21)22)12(9-14(13)24-2)18-17(25)19-15(20)10-6-4-3-5-7-10/h3-9H,1-2H3,(H,21,22)(H2,18,19,20,25). The van der Waals surface area contributed by atoms with E-state index < -0.39 is 11.9 Å². The number of ether oxygens (including phenoxy) is 2. The third-order valence-electron chi connectivity index (χ3n) is 3.27. The van der Waals surface area contributed by atoms with E-state index in [2.05, 4.69) is 10.6 Å². The number of benzene rings is 2. The molecule has 25 heavy (non-hydrogen) atoms. The third-order valence-corrected chi connectivity index (χ3v) is 3.47. The highest BCUT2D eigenvalue weighted by atomic mass is 32.1. The molecule has 0 heterocycles. The zero-order valence-electron chi connectivity index (χ0n) is 13.5. The van der Waals surface area contributed by atoms with Crippen molar-refractivity contribution >= 4 is 34.9 Å². The number of hydrogen-bond acceptors (Lipinski definition) is 5. The summed E-state index contributed by atoms with van der Waals surface area (Å²) in [5, 5.41) is 14.5. The number of carboxylic acid groups (broad SMARTS) is 1. The Balaban J connectivity index is 2.22. The van der Waals surface area contributed by atoms with Crippen molar-refractivity contribution in [3.05, 3.63) is 53.6 Å². The fourth-order valence-corrected chi connectivity index (χ4v) is 2.28. The number of nitrogens with one attached hydrogen (secondary N) is 2. The van der Waals surface area contributed by atoms with E-state index >= 15 is 0 Å². The Morgan fingerprint density at radius 1 is 1.04 bits per heavy atom. The summed E-state index contributed by atoms with van der Waals surface area (Å²) in [5.41, 5.74) is 0.523. The summed E-state index contributed by atoms with van der Waals surface area (Å²) in [4.78, 5) is 23.5.